The number of aliphatic hydroxyl groups excluding tert-OH is 1. The Morgan fingerprint density at radius 3 is 2.59 bits per heavy atom. The van der Waals surface area contributed by atoms with E-state index in [4.69, 9.17) is 4.74 Å². The van der Waals surface area contributed by atoms with E-state index in [9.17, 15) is 20.0 Å². The van der Waals surface area contributed by atoms with Crippen LogP contribution in [0.3, 0.4) is 0 Å². The molecule has 0 aromatic heterocycles. The quantitative estimate of drug-likeness (QED) is 0.425. The predicted molar refractivity (Wildman–Crippen MR) is 101 cm³/mol. The number of carbonyl (C=O) groups is 1. The molecule has 0 bridgehead atoms. The van der Waals surface area contributed by atoms with Crippen molar-refractivity contribution in [3.05, 3.63) is 64.2 Å². The molecule has 2 aromatic carbocycles. The fourth-order valence-corrected chi connectivity index (χ4v) is 2.75. The summed E-state index contributed by atoms with van der Waals surface area (Å²) < 4.78 is 5.15. The molecule has 27 heavy (non-hydrogen) atoms. The summed E-state index contributed by atoms with van der Waals surface area (Å²) in [7, 11) is 1.43. The molecule has 8 nitrogen and oxygen atoms in total. The highest BCUT2D eigenvalue weighted by Crippen LogP contribution is 2.28. The average molecular weight is 374 g/mol. The number of methoxy groups -OCH3 is 1. The number of hydrogen-bond donors (Lipinski definition) is 3. The minimum absolute atomic E-state index is 0.0302. The molecule has 8 heteroatoms. The Labute approximate surface area is 157 Å². The van der Waals surface area contributed by atoms with Crippen LogP contribution in [0.15, 0.2) is 48.5 Å². The highest BCUT2D eigenvalue weighted by atomic mass is 16.6. The van der Waals surface area contributed by atoms with Gasteiger partial charge in [0.05, 0.1) is 37.3 Å². The molecule has 0 aliphatic rings. The standard InChI is InChI=1S/C19H23N3O5/c1-27-18-8-7-16(22(25)26)13-17(18)20-19(24)9-10-21(11-12-23)14-15-5-3-2-4-6-15/h2-8,13,23H,9-12,14H2,1H3,(H,20,24)/p+1. The molecule has 1 atom stereocenters. The SMILES string of the molecule is COc1ccc([N+](=O)[O-])cc1NC(=O)CC[NH+](CCO)Cc1ccccc1. The summed E-state index contributed by atoms with van der Waals surface area (Å²) in [4.78, 5) is 23.8. The third-order valence-electron chi connectivity index (χ3n) is 4.14. The van der Waals surface area contributed by atoms with E-state index in [0.29, 0.717) is 25.4 Å². The van der Waals surface area contributed by atoms with Crippen LogP contribution in [0.5, 0.6) is 5.75 Å². The molecular formula is C19H24N3O5+. The number of non-ortho nitro benzene ring substituents is 1. The van der Waals surface area contributed by atoms with Crippen molar-refractivity contribution in [3.63, 3.8) is 0 Å². The average Bonchev–Trinajstić information content (AvgIpc) is 2.67. The second kappa shape index (κ2) is 10.2. The molecule has 0 fully saturated rings. The number of aliphatic hydroxyl groups is 1. The molecule has 0 aliphatic heterocycles. The smallest absolute Gasteiger partial charge is 0.271 e. The van der Waals surface area contributed by atoms with Crippen molar-refractivity contribution >= 4 is 17.3 Å². The van der Waals surface area contributed by atoms with Gasteiger partial charge in [-0.05, 0) is 6.07 Å². The van der Waals surface area contributed by atoms with Crippen molar-refractivity contribution in [2.45, 2.75) is 13.0 Å². The summed E-state index contributed by atoms with van der Waals surface area (Å²) in [6.45, 7) is 1.79. The van der Waals surface area contributed by atoms with Gasteiger partial charge in [-0.2, -0.15) is 0 Å². The zero-order chi connectivity index (χ0) is 19.6. The van der Waals surface area contributed by atoms with E-state index in [1.165, 1.54) is 25.3 Å². The molecule has 0 aliphatic carbocycles. The number of amides is 1. The molecule has 3 N–H and O–H groups in total. The normalized spacial score (nSPS) is 11.6. The van der Waals surface area contributed by atoms with Gasteiger partial charge >= 0.3 is 0 Å². The number of anilines is 1. The number of nitro benzene ring substituents is 1. The number of benzene rings is 2. The molecule has 0 radical (unpaired) electrons. The van der Waals surface area contributed by atoms with E-state index in [0.717, 1.165) is 10.5 Å². The molecule has 1 unspecified atom stereocenters. The molecule has 0 spiro atoms. The lowest BCUT2D eigenvalue weighted by Gasteiger charge is -2.18. The minimum atomic E-state index is -0.526. The Hall–Kier alpha value is -2.97. The molecular weight excluding hydrogens is 350 g/mol. The largest absolute Gasteiger partial charge is 0.495 e. The number of ether oxygens (including phenoxy) is 1. The van der Waals surface area contributed by atoms with E-state index in [1.807, 2.05) is 30.3 Å². The number of rotatable bonds is 10. The second-order valence-corrected chi connectivity index (χ2v) is 6.08. The number of carbonyl (C=O) groups excluding carboxylic acids is 1. The van der Waals surface area contributed by atoms with Gasteiger partial charge in [0, 0.05) is 17.7 Å². The Bertz CT molecular complexity index is 767. The van der Waals surface area contributed by atoms with Crippen LogP contribution < -0.4 is 15.0 Å². The molecule has 1 amide bonds. The molecule has 2 aromatic rings. The Kier molecular flexibility index (Phi) is 7.72. The summed E-state index contributed by atoms with van der Waals surface area (Å²) in [5.74, 6) is 0.0927. The van der Waals surface area contributed by atoms with Crippen molar-refractivity contribution in [2.75, 3.05) is 32.1 Å². The first kappa shape index (κ1) is 20.3. The van der Waals surface area contributed by atoms with Crippen molar-refractivity contribution in [3.8, 4) is 5.75 Å². The minimum Gasteiger partial charge on any atom is -0.495 e. The molecule has 0 heterocycles. The van der Waals surface area contributed by atoms with Gasteiger partial charge in [0.1, 0.15) is 18.8 Å². The Morgan fingerprint density at radius 2 is 1.96 bits per heavy atom. The van der Waals surface area contributed by atoms with Crippen LogP contribution in [0, 0.1) is 10.1 Å². The van der Waals surface area contributed by atoms with Crippen LogP contribution in [-0.4, -0.2) is 42.7 Å². The van der Waals surface area contributed by atoms with Crippen LogP contribution in [-0.2, 0) is 11.3 Å². The maximum absolute atomic E-state index is 12.3. The maximum Gasteiger partial charge on any atom is 0.271 e. The van der Waals surface area contributed by atoms with Gasteiger partial charge in [-0.25, -0.2) is 0 Å². The van der Waals surface area contributed by atoms with Crippen molar-refractivity contribution in [1.82, 2.24) is 0 Å². The number of nitrogens with one attached hydrogen (secondary N) is 2. The fraction of sp³-hybridized carbons (Fsp3) is 0.316. The van der Waals surface area contributed by atoms with Gasteiger partial charge in [-0.3, -0.25) is 14.9 Å². The third kappa shape index (κ3) is 6.36. The van der Waals surface area contributed by atoms with Gasteiger partial charge < -0.3 is 20.1 Å². The number of hydrogen-bond acceptors (Lipinski definition) is 5. The topological polar surface area (TPSA) is 106 Å². The zero-order valence-electron chi connectivity index (χ0n) is 15.2. The molecule has 0 saturated carbocycles. The highest BCUT2D eigenvalue weighted by molar-refractivity contribution is 5.92. The summed E-state index contributed by atoms with van der Waals surface area (Å²) in [5.41, 5.74) is 1.27. The lowest BCUT2D eigenvalue weighted by molar-refractivity contribution is -0.913. The Balaban J connectivity index is 1.97. The van der Waals surface area contributed by atoms with Crippen LogP contribution in [0.4, 0.5) is 11.4 Å². The summed E-state index contributed by atoms with van der Waals surface area (Å²) in [6.07, 6.45) is 0.216. The van der Waals surface area contributed by atoms with E-state index in [2.05, 4.69) is 5.32 Å². The van der Waals surface area contributed by atoms with Gasteiger partial charge in [-0.1, -0.05) is 30.3 Å². The first-order valence-electron chi connectivity index (χ1n) is 8.64. The molecule has 2 rings (SSSR count). The number of nitro groups is 1. The number of nitrogens with zero attached hydrogens (tertiary/aromatic N) is 1. The van der Waals surface area contributed by atoms with E-state index in [-0.39, 0.29) is 30.3 Å². The Morgan fingerprint density at radius 1 is 1.22 bits per heavy atom. The van der Waals surface area contributed by atoms with Crippen molar-refractivity contribution in [1.29, 1.82) is 0 Å². The van der Waals surface area contributed by atoms with Gasteiger partial charge in [0.25, 0.3) is 5.69 Å². The first-order chi connectivity index (χ1) is 13.0. The zero-order valence-corrected chi connectivity index (χ0v) is 15.2. The van der Waals surface area contributed by atoms with Crippen LogP contribution >= 0.6 is 0 Å². The predicted octanol–water partition coefficient (Wildman–Crippen LogP) is 1.01. The van der Waals surface area contributed by atoms with Crippen LogP contribution in [0.2, 0.25) is 0 Å². The molecule has 0 saturated heterocycles. The third-order valence-corrected chi connectivity index (χ3v) is 4.14. The lowest BCUT2D eigenvalue weighted by Crippen LogP contribution is -3.11. The summed E-state index contributed by atoms with van der Waals surface area (Å²) in [6, 6.07) is 13.9. The fourth-order valence-electron chi connectivity index (χ4n) is 2.75. The summed E-state index contributed by atoms with van der Waals surface area (Å²) >= 11 is 0. The van der Waals surface area contributed by atoms with Crippen LogP contribution in [0.1, 0.15) is 12.0 Å². The second-order valence-electron chi connectivity index (χ2n) is 6.08. The van der Waals surface area contributed by atoms with E-state index < -0.39 is 4.92 Å². The van der Waals surface area contributed by atoms with E-state index >= 15 is 0 Å². The highest BCUT2D eigenvalue weighted by Gasteiger charge is 2.16. The van der Waals surface area contributed by atoms with Gasteiger partial charge in [-0.15, -0.1) is 0 Å². The first-order valence-corrected chi connectivity index (χ1v) is 8.64. The lowest BCUT2D eigenvalue weighted by atomic mass is 10.2. The van der Waals surface area contributed by atoms with Crippen molar-refractivity contribution < 1.29 is 24.5 Å². The van der Waals surface area contributed by atoms with Crippen molar-refractivity contribution in [2.24, 2.45) is 0 Å². The number of quaternary nitrogens is 1. The van der Waals surface area contributed by atoms with Gasteiger partial charge in [0.2, 0.25) is 5.91 Å². The van der Waals surface area contributed by atoms with Gasteiger partial charge in [0.15, 0.2) is 0 Å². The van der Waals surface area contributed by atoms with E-state index in [1.54, 1.807) is 0 Å². The molecule has 144 valence electrons. The maximum atomic E-state index is 12.3. The van der Waals surface area contributed by atoms with Crippen LogP contribution in [0.25, 0.3) is 0 Å². The summed E-state index contributed by atoms with van der Waals surface area (Å²) in [5, 5.41) is 22.9. The monoisotopic (exact) mass is 374 g/mol.